The van der Waals surface area contributed by atoms with Crippen LogP contribution in [0.5, 0.6) is 0 Å². The molecule has 2 fully saturated rings. The molecule has 4 amide bonds. The number of hydrogen-bond acceptors (Lipinski definition) is 5. The highest BCUT2D eigenvalue weighted by atomic mass is 16.5. The lowest BCUT2D eigenvalue weighted by Crippen LogP contribution is -2.51. The lowest BCUT2D eigenvalue weighted by Gasteiger charge is -2.30. The second-order valence-corrected chi connectivity index (χ2v) is 8.02. The molecule has 1 aromatic carbocycles. The maximum absolute atomic E-state index is 12.6. The summed E-state index contributed by atoms with van der Waals surface area (Å²) in [5.41, 5.74) is 4.14. The summed E-state index contributed by atoms with van der Waals surface area (Å²) in [6.07, 6.45) is 8.07. The minimum Gasteiger partial charge on any atom is -0.452 e. The third-order valence-electron chi connectivity index (χ3n) is 6.02. The first kappa shape index (κ1) is 19.4. The molecule has 29 heavy (non-hydrogen) atoms. The molecule has 154 valence electrons. The van der Waals surface area contributed by atoms with Crippen molar-refractivity contribution < 1.29 is 23.9 Å². The van der Waals surface area contributed by atoms with Crippen molar-refractivity contribution >= 4 is 23.8 Å². The van der Waals surface area contributed by atoms with Crippen molar-refractivity contribution in [2.75, 3.05) is 6.61 Å². The molecule has 4 rings (SSSR count). The predicted molar refractivity (Wildman–Crippen MR) is 103 cm³/mol. The molecule has 0 unspecified atom stereocenters. The zero-order valence-electron chi connectivity index (χ0n) is 16.3. The molecule has 1 saturated heterocycles. The molecule has 2 aliphatic carbocycles. The Balaban J connectivity index is 1.32. The Bertz CT molecular complexity index is 860. The molecule has 0 atom stereocenters. The second kappa shape index (κ2) is 7.85. The third-order valence-corrected chi connectivity index (χ3v) is 6.02. The van der Waals surface area contributed by atoms with Crippen molar-refractivity contribution in [2.45, 2.75) is 63.3 Å². The molecule has 0 aromatic heterocycles. The van der Waals surface area contributed by atoms with Gasteiger partial charge in [0.1, 0.15) is 5.54 Å². The number of nitrogens with one attached hydrogen (secondary N) is 2. The van der Waals surface area contributed by atoms with Crippen molar-refractivity contribution in [1.82, 2.24) is 15.8 Å². The van der Waals surface area contributed by atoms with Gasteiger partial charge in [-0.3, -0.25) is 15.0 Å². The number of nitrogens with zero attached hydrogens (tertiary/aromatic N) is 1. The predicted octanol–water partition coefficient (Wildman–Crippen LogP) is 2.01. The fraction of sp³-hybridized carbons (Fsp3) is 0.524. The number of imide groups is 1. The van der Waals surface area contributed by atoms with E-state index in [1.165, 1.54) is 5.56 Å². The summed E-state index contributed by atoms with van der Waals surface area (Å²) in [6.45, 7) is -0.569. The Morgan fingerprint density at radius 2 is 1.76 bits per heavy atom. The number of hydrazine groups is 1. The zero-order chi connectivity index (χ0) is 20.4. The molecule has 1 aliphatic heterocycles. The van der Waals surface area contributed by atoms with Crippen LogP contribution in [0, 0.1) is 0 Å². The third kappa shape index (κ3) is 3.83. The minimum absolute atomic E-state index is 0.398. The van der Waals surface area contributed by atoms with Crippen LogP contribution in [0.15, 0.2) is 18.2 Å². The van der Waals surface area contributed by atoms with Gasteiger partial charge in [0.25, 0.3) is 11.8 Å². The number of hydrogen-bond donors (Lipinski definition) is 2. The topological polar surface area (TPSA) is 105 Å². The van der Waals surface area contributed by atoms with Crippen LogP contribution >= 0.6 is 0 Å². The maximum atomic E-state index is 12.6. The largest absolute Gasteiger partial charge is 0.452 e. The molecular weight excluding hydrogens is 374 g/mol. The lowest BCUT2D eigenvalue weighted by molar-refractivity contribution is -0.140. The molecule has 8 heteroatoms. The van der Waals surface area contributed by atoms with Gasteiger partial charge in [0.2, 0.25) is 0 Å². The van der Waals surface area contributed by atoms with Crippen LogP contribution in [-0.4, -0.2) is 41.0 Å². The summed E-state index contributed by atoms with van der Waals surface area (Å²) in [5.74, 6) is -1.78. The minimum atomic E-state index is -0.914. The summed E-state index contributed by atoms with van der Waals surface area (Å²) in [4.78, 5) is 49.3. The second-order valence-electron chi connectivity index (χ2n) is 8.02. The molecule has 1 spiro atoms. The first-order valence-electron chi connectivity index (χ1n) is 10.2. The van der Waals surface area contributed by atoms with Crippen molar-refractivity contribution in [2.24, 2.45) is 0 Å². The van der Waals surface area contributed by atoms with Gasteiger partial charge in [-0.05, 0) is 61.8 Å². The maximum Gasteiger partial charge on any atom is 0.344 e. The number of urea groups is 1. The zero-order valence-corrected chi connectivity index (χ0v) is 16.3. The summed E-state index contributed by atoms with van der Waals surface area (Å²) in [7, 11) is 0. The van der Waals surface area contributed by atoms with Crippen LogP contribution in [0.1, 0.15) is 66.4 Å². The van der Waals surface area contributed by atoms with E-state index in [4.69, 9.17) is 4.74 Å². The summed E-state index contributed by atoms with van der Waals surface area (Å²) in [5, 5.41) is 3.42. The highest BCUT2D eigenvalue weighted by Gasteiger charge is 2.52. The molecule has 1 aromatic rings. The Hall–Kier alpha value is -2.90. The fourth-order valence-electron chi connectivity index (χ4n) is 4.45. The van der Waals surface area contributed by atoms with E-state index in [1.54, 1.807) is 6.07 Å². The van der Waals surface area contributed by atoms with Gasteiger partial charge in [-0.15, -0.1) is 0 Å². The summed E-state index contributed by atoms with van der Waals surface area (Å²) in [6, 6.07) is 4.81. The van der Waals surface area contributed by atoms with Gasteiger partial charge < -0.3 is 10.1 Å². The van der Waals surface area contributed by atoms with Gasteiger partial charge in [-0.2, -0.15) is 5.01 Å². The van der Waals surface area contributed by atoms with Crippen molar-refractivity contribution in [3.8, 4) is 0 Å². The Kier molecular flexibility index (Phi) is 5.25. The van der Waals surface area contributed by atoms with Crippen LogP contribution in [0.4, 0.5) is 4.79 Å². The van der Waals surface area contributed by atoms with E-state index in [1.807, 2.05) is 12.1 Å². The molecule has 0 radical (unpaired) electrons. The lowest BCUT2D eigenvalue weighted by atomic mass is 9.82. The molecular formula is C21H25N3O5. The van der Waals surface area contributed by atoms with E-state index in [-0.39, 0.29) is 0 Å². The first-order valence-corrected chi connectivity index (χ1v) is 10.2. The standard InChI is InChI=1S/C21H25N3O5/c25-17(23-24-19(27)21(22-20(24)28)10-4-1-5-11-21)13-29-18(26)16-9-8-14-6-2-3-7-15(14)12-16/h8-9,12H,1-7,10-11,13H2,(H,22,28)(H,23,25). The number of ether oxygens (including phenoxy) is 1. The number of carbonyl (C=O) groups is 4. The summed E-state index contributed by atoms with van der Waals surface area (Å²) < 4.78 is 5.08. The number of rotatable bonds is 4. The van der Waals surface area contributed by atoms with E-state index in [0.717, 1.165) is 50.5 Å². The Labute approximate surface area is 168 Å². The van der Waals surface area contributed by atoms with Crippen molar-refractivity contribution in [3.05, 3.63) is 34.9 Å². The van der Waals surface area contributed by atoms with E-state index >= 15 is 0 Å². The van der Waals surface area contributed by atoms with E-state index in [9.17, 15) is 19.2 Å². The normalized spacial score (nSPS) is 20.2. The van der Waals surface area contributed by atoms with Gasteiger partial charge >= 0.3 is 12.0 Å². The molecule has 1 saturated carbocycles. The average Bonchev–Trinajstić information content (AvgIpc) is 2.96. The molecule has 3 aliphatic rings. The monoisotopic (exact) mass is 399 g/mol. The number of fused-ring (bicyclic) bond motifs is 1. The van der Waals surface area contributed by atoms with Crippen LogP contribution < -0.4 is 10.7 Å². The highest BCUT2D eigenvalue weighted by molar-refractivity contribution is 6.08. The number of benzene rings is 1. The van der Waals surface area contributed by atoms with E-state index in [2.05, 4.69) is 10.7 Å². The van der Waals surface area contributed by atoms with Gasteiger partial charge in [0.05, 0.1) is 5.56 Å². The number of carbonyl (C=O) groups excluding carboxylic acids is 4. The van der Waals surface area contributed by atoms with Crippen molar-refractivity contribution in [1.29, 1.82) is 0 Å². The van der Waals surface area contributed by atoms with Crippen LogP contribution in [-0.2, 0) is 27.2 Å². The average molecular weight is 399 g/mol. The van der Waals surface area contributed by atoms with Crippen LogP contribution in [0.3, 0.4) is 0 Å². The van der Waals surface area contributed by atoms with E-state index in [0.29, 0.717) is 23.4 Å². The molecule has 8 nitrogen and oxygen atoms in total. The van der Waals surface area contributed by atoms with Crippen molar-refractivity contribution in [3.63, 3.8) is 0 Å². The van der Waals surface area contributed by atoms with Gasteiger partial charge in [0, 0.05) is 0 Å². The first-order chi connectivity index (χ1) is 14.0. The Morgan fingerprint density at radius 3 is 2.52 bits per heavy atom. The fourth-order valence-corrected chi connectivity index (χ4v) is 4.45. The van der Waals surface area contributed by atoms with Gasteiger partial charge in [-0.25, -0.2) is 9.59 Å². The number of amides is 4. The summed E-state index contributed by atoms with van der Waals surface area (Å²) >= 11 is 0. The van der Waals surface area contributed by atoms with Gasteiger partial charge in [0.15, 0.2) is 6.61 Å². The molecule has 1 heterocycles. The molecule has 2 N–H and O–H groups in total. The van der Waals surface area contributed by atoms with Crippen LogP contribution in [0.2, 0.25) is 0 Å². The number of esters is 1. The number of aryl methyl sites for hydroxylation is 2. The smallest absolute Gasteiger partial charge is 0.344 e. The van der Waals surface area contributed by atoms with Gasteiger partial charge in [-0.1, -0.05) is 25.3 Å². The SMILES string of the molecule is O=C(COC(=O)c1ccc2c(c1)CCCC2)NN1C(=O)NC2(CCCCC2)C1=O. The Morgan fingerprint density at radius 1 is 1.03 bits per heavy atom. The van der Waals surface area contributed by atoms with Crippen LogP contribution in [0.25, 0.3) is 0 Å². The molecule has 0 bridgehead atoms. The highest BCUT2D eigenvalue weighted by Crippen LogP contribution is 2.33. The quantitative estimate of drug-likeness (QED) is 0.595. The van der Waals surface area contributed by atoms with E-state index < -0.39 is 36.0 Å².